The average molecular weight is 292 g/mol. The van der Waals surface area contributed by atoms with Crippen molar-refractivity contribution in [1.82, 2.24) is 9.55 Å². The number of carbonyl (C=O) groups is 1. The first-order chi connectivity index (χ1) is 9.54. The Morgan fingerprint density at radius 1 is 1.45 bits per heavy atom. The second kappa shape index (κ2) is 6.13. The summed E-state index contributed by atoms with van der Waals surface area (Å²) < 4.78 is 1.80. The number of fused-ring (bicyclic) bond motifs is 1. The topological polar surface area (TPSA) is 56.2 Å². The summed E-state index contributed by atoms with van der Waals surface area (Å²) in [5.74, 6) is -0.209. The van der Waals surface area contributed by atoms with Crippen LogP contribution in [-0.4, -0.2) is 22.1 Å². The van der Waals surface area contributed by atoms with E-state index in [2.05, 4.69) is 11.6 Å². The van der Waals surface area contributed by atoms with Gasteiger partial charge in [0, 0.05) is 5.57 Å². The maximum absolute atomic E-state index is 12.1. The van der Waals surface area contributed by atoms with Crippen LogP contribution in [0.1, 0.15) is 24.2 Å². The van der Waals surface area contributed by atoms with Crippen LogP contribution in [-0.2, 0) is 16.4 Å². The Hall–Kier alpha value is -1.76. The van der Waals surface area contributed by atoms with Crippen LogP contribution >= 0.6 is 12.2 Å². The highest BCUT2D eigenvalue weighted by Crippen LogP contribution is 2.18. The number of nitrogens with zero attached hydrogens (tertiary/aromatic N) is 1. The van der Waals surface area contributed by atoms with E-state index >= 15 is 0 Å². The molecule has 0 atom stereocenters. The van der Waals surface area contributed by atoms with Gasteiger partial charge in [-0.25, -0.2) is 9.78 Å². The molecule has 0 radical (unpaired) electrons. The van der Waals surface area contributed by atoms with Crippen LogP contribution in [0.5, 0.6) is 0 Å². The zero-order valence-electron chi connectivity index (χ0n) is 11.4. The molecule has 6 heteroatoms. The van der Waals surface area contributed by atoms with E-state index in [4.69, 9.17) is 22.0 Å². The summed E-state index contributed by atoms with van der Waals surface area (Å²) in [6, 6.07) is 5.58. The third kappa shape index (κ3) is 2.87. The standard InChI is InChI=1S/C14H16N2O3S/c1-4-18-19-8-10-5-6-12-11(7-10)15-14(20)16(12)13(17)9(2)3/h5-7H,2,4,8H2,1,3H3,(H,15,20). The first-order valence-electron chi connectivity index (χ1n) is 6.23. The molecule has 0 spiro atoms. The number of rotatable bonds is 5. The molecule has 2 rings (SSSR count). The summed E-state index contributed by atoms with van der Waals surface area (Å²) in [5, 5.41) is 0. The normalized spacial score (nSPS) is 10.9. The van der Waals surface area contributed by atoms with Crippen molar-refractivity contribution >= 4 is 29.2 Å². The first-order valence-corrected chi connectivity index (χ1v) is 6.63. The van der Waals surface area contributed by atoms with E-state index in [0.29, 0.717) is 23.6 Å². The minimum absolute atomic E-state index is 0.209. The molecule has 0 aliphatic carbocycles. The van der Waals surface area contributed by atoms with Gasteiger partial charge in [-0.05, 0) is 43.8 Å². The number of aromatic amines is 1. The molecule has 20 heavy (non-hydrogen) atoms. The SMILES string of the molecule is C=C(C)C(=O)n1c(=S)[nH]c2cc(COOCC)ccc21. The van der Waals surface area contributed by atoms with Crippen molar-refractivity contribution in [3.63, 3.8) is 0 Å². The lowest BCUT2D eigenvalue weighted by Crippen LogP contribution is -2.10. The maximum Gasteiger partial charge on any atom is 0.259 e. The van der Waals surface area contributed by atoms with Crippen LogP contribution in [0.3, 0.4) is 0 Å². The fourth-order valence-electron chi connectivity index (χ4n) is 1.83. The lowest BCUT2D eigenvalue weighted by Gasteiger charge is -2.04. The highest BCUT2D eigenvalue weighted by atomic mass is 32.1. The molecule has 0 aliphatic heterocycles. The van der Waals surface area contributed by atoms with Gasteiger partial charge in [0.15, 0.2) is 4.77 Å². The minimum atomic E-state index is -0.209. The van der Waals surface area contributed by atoms with Gasteiger partial charge in [-0.1, -0.05) is 12.6 Å². The molecule has 1 aromatic heterocycles. The molecule has 1 heterocycles. The molecule has 5 nitrogen and oxygen atoms in total. The Balaban J connectivity index is 2.39. The van der Waals surface area contributed by atoms with Gasteiger partial charge in [0.1, 0.15) is 6.61 Å². The van der Waals surface area contributed by atoms with Gasteiger partial charge >= 0.3 is 0 Å². The number of benzene rings is 1. The molecule has 0 saturated carbocycles. The minimum Gasteiger partial charge on any atom is -0.330 e. The molecule has 0 fully saturated rings. The van der Waals surface area contributed by atoms with Crippen LogP contribution in [0.15, 0.2) is 30.4 Å². The number of H-pyrrole nitrogens is 1. The lowest BCUT2D eigenvalue weighted by molar-refractivity contribution is -0.300. The average Bonchev–Trinajstić information content (AvgIpc) is 2.73. The summed E-state index contributed by atoms with van der Waals surface area (Å²) in [7, 11) is 0. The van der Waals surface area contributed by atoms with E-state index in [1.54, 1.807) is 6.92 Å². The lowest BCUT2D eigenvalue weighted by atomic mass is 10.2. The monoisotopic (exact) mass is 292 g/mol. The Morgan fingerprint density at radius 2 is 2.20 bits per heavy atom. The van der Waals surface area contributed by atoms with Gasteiger partial charge in [0.2, 0.25) is 0 Å². The number of hydrogen-bond donors (Lipinski definition) is 1. The highest BCUT2D eigenvalue weighted by Gasteiger charge is 2.12. The highest BCUT2D eigenvalue weighted by molar-refractivity contribution is 7.71. The Kier molecular flexibility index (Phi) is 4.49. The molecular weight excluding hydrogens is 276 g/mol. The van der Waals surface area contributed by atoms with E-state index < -0.39 is 0 Å². The largest absolute Gasteiger partial charge is 0.330 e. The Morgan fingerprint density at radius 3 is 2.85 bits per heavy atom. The van der Waals surface area contributed by atoms with Crippen molar-refractivity contribution in [3.8, 4) is 0 Å². The van der Waals surface area contributed by atoms with Gasteiger partial charge in [-0.3, -0.25) is 9.36 Å². The van der Waals surface area contributed by atoms with Crippen LogP contribution < -0.4 is 0 Å². The Labute approximate surface area is 121 Å². The summed E-state index contributed by atoms with van der Waals surface area (Å²) >= 11 is 5.19. The number of imidazole rings is 1. The van der Waals surface area contributed by atoms with Crippen molar-refractivity contribution < 1.29 is 14.6 Å². The van der Waals surface area contributed by atoms with Crippen molar-refractivity contribution in [2.75, 3.05) is 6.61 Å². The van der Waals surface area contributed by atoms with Crippen LogP contribution in [0, 0.1) is 4.77 Å². The fraction of sp³-hybridized carbons (Fsp3) is 0.286. The molecule has 1 aromatic carbocycles. The number of nitrogens with one attached hydrogen (secondary N) is 1. The molecule has 0 unspecified atom stereocenters. The van der Waals surface area contributed by atoms with E-state index in [1.165, 1.54) is 4.57 Å². The van der Waals surface area contributed by atoms with E-state index in [-0.39, 0.29) is 5.91 Å². The number of carbonyl (C=O) groups excluding carboxylic acids is 1. The van der Waals surface area contributed by atoms with E-state index in [9.17, 15) is 4.79 Å². The molecule has 0 amide bonds. The molecule has 0 bridgehead atoms. The van der Waals surface area contributed by atoms with Crippen molar-refractivity contribution in [1.29, 1.82) is 0 Å². The predicted molar refractivity (Wildman–Crippen MR) is 79.0 cm³/mol. The zero-order valence-corrected chi connectivity index (χ0v) is 12.3. The van der Waals surface area contributed by atoms with Gasteiger partial charge in [-0.15, -0.1) is 0 Å². The van der Waals surface area contributed by atoms with Crippen LogP contribution in [0.4, 0.5) is 0 Å². The molecular formula is C14H16N2O3S. The van der Waals surface area contributed by atoms with Crippen molar-refractivity contribution in [3.05, 3.63) is 40.7 Å². The number of aromatic nitrogens is 2. The zero-order chi connectivity index (χ0) is 14.7. The van der Waals surface area contributed by atoms with Crippen LogP contribution in [0.2, 0.25) is 0 Å². The fourth-order valence-corrected chi connectivity index (χ4v) is 2.13. The van der Waals surface area contributed by atoms with Crippen molar-refractivity contribution in [2.45, 2.75) is 20.5 Å². The smallest absolute Gasteiger partial charge is 0.259 e. The quantitative estimate of drug-likeness (QED) is 0.302. The molecule has 106 valence electrons. The van der Waals surface area contributed by atoms with Gasteiger partial charge < -0.3 is 4.98 Å². The summed E-state index contributed by atoms with van der Waals surface area (Å²) in [5.41, 5.74) is 2.87. The van der Waals surface area contributed by atoms with Gasteiger partial charge in [-0.2, -0.15) is 0 Å². The second-order valence-corrected chi connectivity index (χ2v) is 4.76. The summed E-state index contributed by atoms with van der Waals surface area (Å²) in [4.78, 5) is 24.9. The van der Waals surface area contributed by atoms with Crippen molar-refractivity contribution in [2.24, 2.45) is 0 Å². The van der Waals surface area contributed by atoms with Crippen LogP contribution in [0.25, 0.3) is 11.0 Å². The molecule has 0 aliphatic rings. The first kappa shape index (κ1) is 14.6. The third-order valence-electron chi connectivity index (χ3n) is 2.74. The van der Waals surface area contributed by atoms with Gasteiger partial charge in [0.25, 0.3) is 5.91 Å². The third-order valence-corrected chi connectivity index (χ3v) is 3.03. The predicted octanol–water partition coefficient (Wildman–Crippen LogP) is 3.38. The number of hydrogen-bond acceptors (Lipinski definition) is 4. The summed E-state index contributed by atoms with van der Waals surface area (Å²) in [6.07, 6.45) is 0. The van der Waals surface area contributed by atoms with E-state index in [1.807, 2.05) is 25.1 Å². The maximum atomic E-state index is 12.1. The van der Waals surface area contributed by atoms with Gasteiger partial charge in [0.05, 0.1) is 17.6 Å². The number of allylic oxidation sites excluding steroid dienone is 1. The Bertz CT molecular complexity index is 715. The van der Waals surface area contributed by atoms with E-state index in [0.717, 1.165) is 16.6 Å². The molecule has 1 N–H and O–H groups in total. The summed E-state index contributed by atoms with van der Waals surface area (Å²) in [6.45, 7) is 8.00. The molecule has 0 saturated heterocycles. The second-order valence-electron chi connectivity index (χ2n) is 4.37. The molecule has 2 aromatic rings.